The zero-order chi connectivity index (χ0) is 15.6. The SMILES string of the molecule is CCOc1ccc(OCCCC(CN)c2ccccc2)cc1. The van der Waals surface area contributed by atoms with Crippen molar-refractivity contribution >= 4 is 0 Å². The smallest absolute Gasteiger partial charge is 0.119 e. The highest BCUT2D eigenvalue weighted by atomic mass is 16.5. The van der Waals surface area contributed by atoms with Crippen LogP contribution in [-0.4, -0.2) is 19.8 Å². The van der Waals surface area contributed by atoms with E-state index in [1.54, 1.807) is 0 Å². The van der Waals surface area contributed by atoms with E-state index in [1.165, 1.54) is 5.56 Å². The molecule has 3 nitrogen and oxygen atoms in total. The van der Waals surface area contributed by atoms with E-state index in [4.69, 9.17) is 15.2 Å². The normalized spacial score (nSPS) is 11.9. The molecule has 0 radical (unpaired) electrons. The van der Waals surface area contributed by atoms with Gasteiger partial charge >= 0.3 is 0 Å². The maximum Gasteiger partial charge on any atom is 0.119 e. The molecule has 0 amide bonds. The number of rotatable bonds is 9. The molecule has 3 heteroatoms. The molecular formula is C19H25NO2. The van der Waals surface area contributed by atoms with Crippen LogP contribution in [0, 0.1) is 0 Å². The van der Waals surface area contributed by atoms with Crippen LogP contribution in [0.15, 0.2) is 54.6 Å². The van der Waals surface area contributed by atoms with Crippen LogP contribution < -0.4 is 15.2 Å². The predicted molar refractivity (Wildman–Crippen MR) is 90.6 cm³/mol. The van der Waals surface area contributed by atoms with E-state index < -0.39 is 0 Å². The van der Waals surface area contributed by atoms with Gasteiger partial charge in [-0.05, 0) is 62.1 Å². The summed E-state index contributed by atoms with van der Waals surface area (Å²) in [7, 11) is 0. The number of hydrogen-bond acceptors (Lipinski definition) is 3. The summed E-state index contributed by atoms with van der Waals surface area (Å²) in [4.78, 5) is 0. The molecule has 0 heterocycles. The molecule has 0 spiro atoms. The first-order valence-electron chi connectivity index (χ1n) is 7.94. The second-order valence-electron chi connectivity index (χ2n) is 5.24. The van der Waals surface area contributed by atoms with Gasteiger partial charge in [0.15, 0.2) is 0 Å². The van der Waals surface area contributed by atoms with Crippen LogP contribution in [0.2, 0.25) is 0 Å². The standard InChI is InChI=1S/C19H25NO2/c1-2-21-18-10-12-19(13-11-18)22-14-6-9-17(15-20)16-7-4-3-5-8-16/h3-5,7-8,10-13,17H,2,6,9,14-15,20H2,1H3. The van der Waals surface area contributed by atoms with Crippen molar-refractivity contribution in [2.45, 2.75) is 25.7 Å². The van der Waals surface area contributed by atoms with Gasteiger partial charge in [-0.1, -0.05) is 30.3 Å². The van der Waals surface area contributed by atoms with Crippen molar-refractivity contribution < 1.29 is 9.47 Å². The second kappa shape index (κ2) is 9.11. The highest BCUT2D eigenvalue weighted by Crippen LogP contribution is 2.21. The van der Waals surface area contributed by atoms with Crippen LogP contribution in [0.25, 0.3) is 0 Å². The minimum absolute atomic E-state index is 0.408. The van der Waals surface area contributed by atoms with Crippen LogP contribution in [0.1, 0.15) is 31.2 Å². The molecule has 0 fully saturated rings. The van der Waals surface area contributed by atoms with E-state index >= 15 is 0 Å². The zero-order valence-electron chi connectivity index (χ0n) is 13.2. The van der Waals surface area contributed by atoms with Crippen molar-refractivity contribution in [2.75, 3.05) is 19.8 Å². The van der Waals surface area contributed by atoms with Gasteiger partial charge < -0.3 is 15.2 Å². The molecule has 1 atom stereocenters. The first-order valence-corrected chi connectivity index (χ1v) is 7.94. The Morgan fingerprint density at radius 3 is 2.14 bits per heavy atom. The summed E-state index contributed by atoms with van der Waals surface area (Å²) < 4.78 is 11.2. The van der Waals surface area contributed by atoms with Gasteiger partial charge in [-0.3, -0.25) is 0 Å². The molecule has 2 aromatic carbocycles. The van der Waals surface area contributed by atoms with Gasteiger partial charge in [0.05, 0.1) is 13.2 Å². The summed E-state index contributed by atoms with van der Waals surface area (Å²) in [5.41, 5.74) is 7.20. The maximum absolute atomic E-state index is 5.89. The molecule has 0 bridgehead atoms. The number of benzene rings is 2. The van der Waals surface area contributed by atoms with Gasteiger partial charge in [0, 0.05) is 0 Å². The fourth-order valence-corrected chi connectivity index (χ4v) is 2.46. The van der Waals surface area contributed by atoms with Crippen LogP contribution in [0.5, 0.6) is 11.5 Å². The third kappa shape index (κ3) is 5.08. The average molecular weight is 299 g/mol. The molecule has 0 aliphatic rings. The van der Waals surface area contributed by atoms with E-state index in [0.29, 0.717) is 25.7 Å². The maximum atomic E-state index is 5.89. The van der Waals surface area contributed by atoms with Crippen molar-refractivity contribution in [1.82, 2.24) is 0 Å². The Balaban J connectivity index is 1.74. The number of hydrogen-bond donors (Lipinski definition) is 1. The molecule has 0 aromatic heterocycles. The van der Waals surface area contributed by atoms with Crippen LogP contribution >= 0.6 is 0 Å². The lowest BCUT2D eigenvalue weighted by atomic mass is 9.95. The zero-order valence-corrected chi connectivity index (χ0v) is 13.2. The van der Waals surface area contributed by atoms with Crippen molar-refractivity contribution in [3.05, 3.63) is 60.2 Å². The molecule has 2 aromatic rings. The minimum Gasteiger partial charge on any atom is -0.494 e. The monoisotopic (exact) mass is 299 g/mol. The Labute approximate surface area is 133 Å². The molecule has 0 aliphatic carbocycles. The minimum atomic E-state index is 0.408. The molecule has 0 saturated heterocycles. The molecule has 0 saturated carbocycles. The van der Waals surface area contributed by atoms with Crippen molar-refractivity contribution in [3.63, 3.8) is 0 Å². The predicted octanol–water partition coefficient (Wildman–Crippen LogP) is 3.99. The Hall–Kier alpha value is -2.00. The Bertz CT molecular complexity index is 525. The number of ether oxygens (including phenoxy) is 2. The average Bonchev–Trinajstić information content (AvgIpc) is 2.57. The van der Waals surface area contributed by atoms with E-state index in [-0.39, 0.29) is 0 Å². The summed E-state index contributed by atoms with van der Waals surface area (Å²) in [5, 5.41) is 0. The van der Waals surface area contributed by atoms with E-state index in [1.807, 2.05) is 37.3 Å². The summed E-state index contributed by atoms with van der Waals surface area (Å²) in [6.07, 6.45) is 2.03. The fraction of sp³-hybridized carbons (Fsp3) is 0.368. The highest BCUT2D eigenvalue weighted by molar-refractivity contribution is 5.31. The van der Waals surface area contributed by atoms with Gasteiger partial charge in [-0.25, -0.2) is 0 Å². The Kier molecular flexibility index (Phi) is 6.78. The lowest BCUT2D eigenvalue weighted by Gasteiger charge is -2.15. The van der Waals surface area contributed by atoms with E-state index in [0.717, 1.165) is 24.3 Å². The highest BCUT2D eigenvalue weighted by Gasteiger charge is 2.08. The second-order valence-corrected chi connectivity index (χ2v) is 5.24. The third-order valence-corrected chi connectivity index (χ3v) is 3.66. The molecular weight excluding hydrogens is 274 g/mol. The first-order chi connectivity index (χ1) is 10.8. The van der Waals surface area contributed by atoms with Crippen LogP contribution in [-0.2, 0) is 0 Å². The molecule has 2 rings (SSSR count). The van der Waals surface area contributed by atoms with Gasteiger partial charge in [-0.2, -0.15) is 0 Å². The van der Waals surface area contributed by atoms with Crippen molar-refractivity contribution in [1.29, 1.82) is 0 Å². The number of nitrogens with two attached hydrogens (primary N) is 1. The summed E-state index contributed by atoms with van der Waals surface area (Å²) in [6.45, 7) is 4.04. The third-order valence-electron chi connectivity index (χ3n) is 3.66. The Morgan fingerprint density at radius 2 is 1.55 bits per heavy atom. The van der Waals surface area contributed by atoms with E-state index in [2.05, 4.69) is 24.3 Å². The summed E-state index contributed by atoms with van der Waals surface area (Å²) in [5.74, 6) is 2.17. The topological polar surface area (TPSA) is 44.5 Å². The van der Waals surface area contributed by atoms with Gasteiger partial charge in [0.25, 0.3) is 0 Å². The van der Waals surface area contributed by atoms with Crippen LogP contribution in [0.3, 0.4) is 0 Å². The lowest BCUT2D eigenvalue weighted by Crippen LogP contribution is -2.13. The molecule has 22 heavy (non-hydrogen) atoms. The molecule has 0 aliphatic heterocycles. The largest absolute Gasteiger partial charge is 0.494 e. The summed E-state index contributed by atoms with van der Waals surface area (Å²) >= 11 is 0. The molecule has 2 N–H and O–H groups in total. The van der Waals surface area contributed by atoms with Crippen molar-refractivity contribution in [3.8, 4) is 11.5 Å². The van der Waals surface area contributed by atoms with E-state index in [9.17, 15) is 0 Å². The quantitative estimate of drug-likeness (QED) is 0.712. The fourth-order valence-electron chi connectivity index (χ4n) is 2.46. The Morgan fingerprint density at radius 1 is 0.909 bits per heavy atom. The molecule has 118 valence electrons. The van der Waals surface area contributed by atoms with Crippen molar-refractivity contribution in [2.24, 2.45) is 5.73 Å². The van der Waals surface area contributed by atoms with Gasteiger partial charge in [0.2, 0.25) is 0 Å². The molecule has 1 unspecified atom stereocenters. The van der Waals surface area contributed by atoms with Gasteiger partial charge in [0.1, 0.15) is 11.5 Å². The lowest BCUT2D eigenvalue weighted by molar-refractivity contribution is 0.300. The summed E-state index contributed by atoms with van der Waals surface area (Å²) in [6, 6.07) is 18.2. The van der Waals surface area contributed by atoms with Gasteiger partial charge in [-0.15, -0.1) is 0 Å². The van der Waals surface area contributed by atoms with Crippen LogP contribution in [0.4, 0.5) is 0 Å². The first kappa shape index (κ1) is 16.4.